The van der Waals surface area contributed by atoms with Gasteiger partial charge in [-0.1, -0.05) is 0 Å². The molecule has 96 valence electrons. The van der Waals surface area contributed by atoms with Crippen LogP contribution in [0.4, 0.5) is 0 Å². The van der Waals surface area contributed by atoms with Crippen molar-refractivity contribution < 1.29 is 0 Å². The number of pyridine rings is 1. The molecule has 1 unspecified atom stereocenters. The molecule has 2 aromatic heterocycles. The number of aromatic nitrogens is 3. The summed E-state index contributed by atoms with van der Waals surface area (Å²) in [7, 11) is 0. The number of nitrogens with zero attached hydrogens (tertiary/aromatic N) is 3. The molecule has 1 atom stereocenters. The molecule has 1 aliphatic heterocycles. The fourth-order valence-corrected chi connectivity index (χ4v) is 3.85. The van der Waals surface area contributed by atoms with Crippen molar-refractivity contribution in [1.82, 2.24) is 14.5 Å². The Kier molecular flexibility index (Phi) is 2.85. The topological polar surface area (TPSA) is 30.7 Å². The van der Waals surface area contributed by atoms with Crippen LogP contribution in [0.15, 0.2) is 18.3 Å². The van der Waals surface area contributed by atoms with Crippen LogP contribution in [0.25, 0.3) is 11.2 Å². The monoisotopic (exact) mass is 261 g/mol. The van der Waals surface area contributed by atoms with Crippen LogP contribution < -0.4 is 0 Å². The fraction of sp³-hybridized carbons (Fsp3) is 0.571. The smallest absolute Gasteiger partial charge is 0.160 e. The Bertz CT molecular complexity index is 562. The molecular weight excluding hydrogens is 242 g/mol. The summed E-state index contributed by atoms with van der Waals surface area (Å²) in [6.07, 6.45) is 4.40. The maximum Gasteiger partial charge on any atom is 0.160 e. The normalized spacial score (nSPS) is 20.7. The Hall–Kier alpha value is -1.03. The number of imidazole rings is 1. The van der Waals surface area contributed by atoms with Gasteiger partial charge in [-0.25, -0.2) is 9.97 Å². The van der Waals surface area contributed by atoms with Gasteiger partial charge in [0.25, 0.3) is 0 Å². The van der Waals surface area contributed by atoms with E-state index in [1.54, 1.807) is 0 Å². The maximum absolute atomic E-state index is 4.84. The second kappa shape index (κ2) is 4.26. The number of rotatable bonds is 1. The van der Waals surface area contributed by atoms with E-state index in [1.165, 1.54) is 24.4 Å². The molecule has 0 bridgehead atoms. The van der Waals surface area contributed by atoms with E-state index < -0.39 is 0 Å². The average molecular weight is 261 g/mol. The molecule has 18 heavy (non-hydrogen) atoms. The summed E-state index contributed by atoms with van der Waals surface area (Å²) in [6.45, 7) is 6.68. The molecule has 0 aromatic carbocycles. The van der Waals surface area contributed by atoms with E-state index in [9.17, 15) is 0 Å². The van der Waals surface area contributed by atoms with Crippen LogP contribution in [0.3, 0.4) is 0 Å². The van der Waals surface area contributed by atoms with Gasteiger partial charge < -0.3 is 4.57 Å². The molecule has 0 saturated carbocycles. The SMILES string of the molecule is CC(C)(C)n1c(C2CCCS2)nc2cccnc21. The number of thioether (sulfide) groups is 1. The van der Waals surface area contributed by atoms with Crippen LogP contribution >= 0.6 is 11.8 Å². The first kappa shape index (κ1) is 12.0. The minimum atomic E-state index is 0.0294. The Labute approximate surface area is 112 Å². The Morgan fingerprint density at radius 2 is 2.22 bits per heavy atom. The number of hydrogen-bond acceptors (Lipinski definition) is 3. The molecule has 3 nitrogen and oxygen atoms in total. The van der Waals surface area contributed by atoms with Crippen molar-refractivity contribution in [3.8, 4) is 0 Å². The highest BCUT2D eigenvalue weighted by Crippen LogP contribution is 2.41. The van der Waals surface area contributed by atoms with Gasteiger partial charge in [0.1, 0.15) is 11.3 Å². The van der Waals surface area contributed by atoms with Crippen LogP contribution in [0.5, 0.6) is 0 Å². The summed E-state index contributed by atoms with van der Waals surface area (Å²) in [5, 5.41) is 0.540. The van der Waals surface area contributed by atoms with E-state index in [1.807, 2.05) is 24.0 Å². The molecule has 3 rings (SSSR count). The van der Waals surface area contributed by atoms with Gasteiger partial charge in [0.15, 0.2) is 5.65 Å². The van der Waals surface area contributed by atoms with Crippen molar-refractivity contribution in [2.24, 2.45) is 0 Å². The van der Waals surface area contributed by atoms with Gasteiger partial charge >= 0.3 is 0 Å². The lowest BCUT2D eigenvalue weighted by Gasteiger charge is -2.25. The second-order valence-electron chi connectivity index (χ2n) is 5.82. The van der Waals surface area contributed by atoms with Crippen LogP contribution in [0, 0.1) is 0 Å². The van der Waals surface area contributed by atoms with E-state index in [4.69, 9.17) is 4.98 Å². The molecule has 4 heteroatoms. The third kappa shape index (κ3) is 1.92. The molecular formula is C14H19N3S. The highest BCUT2D eigenvalue weighted by molar-refractivity contribution is 7.99. The minimum Gasteiger partial charge on any atom is -0.306 e. The van der Waals surface area contributed by atoms with Gasteiger partial charge in [-0.15, -0.1) is 0 Å². The fourth-order valence-electron chi connectivity index (χ4n) is 2.59. The maximum atomic E-state index is 4.84. The minimum absolute atomic E-state index is 0.0294. The zero-order chi connectivity index (χ0) is 12.8. The average Bonchev–Trinajstić information content (AvgIpc) is 2.94. The first-order valence-electron chi connectivity index (χ1n) is 6.53. The van der Waals surface area contributed by atoms with Gasteiger partial charge in [0.2, 0.25) is 0 Å². The zero-order valence-electron chi connectivity index (χ0n) is 11.2. The summed E-state index contributed by atoms with van der Waals surface area (Å²) < 4.78 is 2.32. The molecule has 3 heterocycles. The predicted octanol–water partition coefficient (Wildman–Crippen LogP) is 3.75. The van der Waals surface area contributed by atoms with Crippen LogP contribution in [0.1, 0.15) is 44.7 Å². The van der Waals surface area contributed by atoms with Gasteiger partial charge in [-0.05, 0) is 51.5 Å². The lowest BCUT2D eigenvalue weighted by Crippen LogP contribution is -2.25. The lowest BCUT2D eigenvalue weighted by atomic mass is 10.1. The molecule has 0 spiro atoms. The second-order valence-corrected chi connectivity index (χ2v) is 7.13. The molecule has 0 amide bonds. The van der Waals surface area contributed by atoms with E-state index in [-0.39, 0.29) is 5.54 Å². The molecule has 1 aliphatic rings. The summed E-state index contributed by atoms with van der Waals surface area (Å²) in [6, 6.07) is 4.03. The van der Waals surface area contributed by atoms with Crippen molar-refractivity contribution in [1.29, 1.82) is 0 Å². The predicted molar refractivity (Wildman–Crippen MR) is 77.0 cm³/mol. The van der Waals surface area contributed by atoms with Crippen molar-refractivity contribution in [3.63, 3.8) is 0 Å². The first-order chi connectivity index (χ1) is 8.57. The highest BCUT2D eigenvalue weighted by Gasteiger charge is 2.29. The summed E-state index contributed by atoms with van der Waals surface area (Å²) in [5.41, 5.74) is 2.07. The summed E-state index contributed by atoms with van der Waals surface area (Å²) >= 11 is 2.03. The summed E-state index contributed by atoms with van der Waals surface area (Å²) in [5.74, 6) is 2.46. The lowest BCUT2D eigenvalue weighted by molar-refractivity contribution is 0.390. The Balaban J connectivity index is 2.23. The summed E-state index contributed by atoms with van der Waals surface area (Å²) in [4.78, 5) is 9.37. The molecule has 1 saturated heterocycles. The molecule has 0 radical (unpaired) electrons. The van der Waals surface area contributed by atoms with Crippen LogP contribution in [0.2, 0.25) is 0 Å². The van der Waals surface area contributed by atoms with E-state index in [2.05, 4.69) is 36.4 Å². The standard InChI is InChI=1S/C14H19N3S/c1-14(2,3)17-12-10(6-4-8-15-12)16-13(17)11-7-5-9-18-11/h4,6,8,11H,5,7,9H2,1-3H3. The van der Waals surface area contributed by atoms with Crippen LogP contribution in [-0.2, 0) is 5.54 Å². The zero-order valence-corrected chi connectivity index (χ0v) is 12.0. The van der Waals surface area contributed by atoms with Gasteiger partial charge in [0, 0.05) is 11.7 Å². The molecule has 2 aromatic rings. The third-order valence-corrected chi connectivity index (χ3v) is 4.70. The van der Waals surface area contributed by atoms with Crippen molar-refractivity contribution in [2.75, 3.05) is 5.75 Å². The Morgan fingerprint density at radius 1 is 1.39 bits per heavy atom. The third-order valence-electron chi connectivity index (χ3n) is 3.33. The van der Waals surface area contributed by atoms with E-state index in [0.29, 0.717) is 5.25 Å². The van der Waals surface area contributed by atoms with Gasteiger partial charge in [0.05, 0.1) is 5.25 Å². The first-order valence-corrected chi connectivity index (χ1v) is 7.58. The number of fused-ring (bicyclic) bond motifs is 1. The van der Waals surface area contributed by atoms with E-state index >= 15 is 0 Å². The van der Waals surface area contributed by atoms with Crippen molar-refractivity contribution in [3.05, 3.63) is 24.2 Å². The van der Waals surface area contributed by atoms with Crippen LogP contribution in [-0.4, -0.2) is 20.3 Å². The highest BCUT2D eigenvalue weighted by atomic mass is 32.2. The largest absolute Gasteiger partial charge is 0.306 e. The van der Waals surface area contributed by atoms with Crippen molar-refractivity contribution in [2.45, 2.75) is 44.4 Å². The van der Waals surface area contributed by atoms with E-state index in [0.717, 1.165) is 11.2 Å². The Morgan fingerprint density at radius 3 is 2.89 bits per heavy atom. The van der Waals surface area contributed by atoms with Gasteiger partial charge in [-0.3, -0.25) is 0 Å². The molecule has 0 N–H and O–H groups in total. The molecule has 0 aliphatic carbocycles. The molecule has 1 fully saturated rings. The quantitative estimate of drug-likeness (QED) is 0.783. The van der Waals surface area contributed by atoms with Crippen molar-refractivity contribution >= 4 is 22.9 Å². The van der Waals surface area contributed by atoms with Gasteiger partial charge in [-0.2, -0.15) is 11.8 Å². The number of hydrogen-bond donors (Lipinski definition) is 0.